The maximum Gasteiger partial charge on any atom is 0.0233 e. The summed E-state index contributed by atoms with van der Waals surface area (Å²) in [7, 11) is 0. The average molecular weight is 215 g/mol. The van der Waals surface area contributed by atoms with Gasteiger partial charge in [0.15, 0.2) is 0 Å². The number of hydrogen-bond acceptors (Lipinski definition) is 1. The molecule has 1 saturated carbocycles. The van der Waals surface area contributed by atoms with Crippen LogP contribution in [-0.4, -0.2) is 18.0 Å². The van der Waals surface area contributed by atoms with Gasteiger partial charge in [0.25, 0.3) is 0 Å². The van der Waals surface area contributed by atoms with E-state index < -0.39 is 0 Å². The van der Waals surface area contributed by atoms with Crippen LogP contribution in [0, 0.1) is 11.8 Å². The molecule has 1 nitrogen and oxygen atoms in total. The predicted octanol–water partition coefficient (Wildman–Crippen LogP) is 3.31. The molecular weight excluding hydrogens is 194 g/mol. The molecule has 0 N–H and O–H groups in total. The van der Waals surface area contributed by atoms with Gasteiger partial charge >= 0.3 is 0 Å². The SMILES string of the molecule is c1ccc(CN2C[C@H]3CCCC[C@H]3C2)cc1. The molecule has 1 aliphatic carbocycles. The van der Waals surface area contributed by atoms with Gasteiger partial charge in [-0.2, -0.15) is 0 Å². The zero-order valence-electron chi connectivity index (χ0n) is 9.94. The Balaban J connectivity index is 1.61. The second-order valence-corrected chi connectivity index (χ2v) is 5.48. The summed E-state index contributed by atoms with van der Waals surface area (Å²) in [6.45, 7) is 3.85. The molecule has 1 heteroatoms. The van der Waals surface area contributed by atoms with Crippen molar-refractivity contribution in [2.24, 2.45) is 11.8 Å². The maximum absolute atomic E-state index is 2.66. The molecule has 1 saturated heterocycles. The monoisotopic (exact) mass is 215 g/mol. The summed E-state index contributed by atoms with van der Waals surface area (Å²) in [5.41, 5.74) is 1.47. The van der Waals surface area contributed by atoms with Crippen molar-refractivity contribution in [2.45, 2.75) is 32.2 Å². The third kappa shape index (κ3) is 2.15. The van der Waals surface area contributed by atoms with Crippen LogP contribution in [-0.2, 0) is 6.54 Å². The third-order valence-electron chi connectivity index (χ3n) is 4.30. The highest BCUT2D eigenvalue weighted by atomic mass is 15.2. The van der Waals surface area contributed by atoms with E-state index in [1.165, 1.54) is 44.3 Å². The highest BCUT2D eigenvalue weighted by molar-refractivity contribution is 5.14. The second-order valence-electron chi connectivity index (χ2n) is 5.48. The van der Waals surface area contributed by atoms with Gasteiger partial charge in [0, 0.05) is 19.6 Å². The Bertz CT molecular complexity index is 319. The van der Waals surface area contributed by atoms with Gasteiger partial charge in [0.2, 0.25) is 0 Å². The molecule has 86 valence electrons. The zero-order valence-corrected chi connectivity index (χ0v) is 9.94. The van der Waals surface area contributed by atoms with E-state index in [9.17, 15) is 0 Å². The predicted molar refractivity (Wildman–Crippen MR) is 67.2 cm³/mol. The molecule has 3 rings (SSSR count). The molecular formula is C15H21N. The fourth-order valence-electron chi connectivity index (χ4n) is 3.47. The normalized spacial score (nSPS) is 30.2. The summed E-state index contributed by atoms with van der Waals surface area (Å²) in [4.78, 5) is 2.66. The second kappa shape index (κ2) is 4.58. The van der Waals surface area contributed by atoms with Crippen LogP contribution < -0.4 is 0 Å². The molecule has 1 aromatic rings. The summed E-state index contributed by atoms with van der Waals surface area (Å²) >= 11 is 0. The minimum absolute atomic E-state index is 1.01. The summed E-state index contributed by atoms with van der Waals surface area (Å²) in [6.07, 6.45) is 5.91. The summed E-state index contributed by atoms with van der Waals surface area (Å²) < 4.78 is 0. The molecule has 2 fully saturated rings. The number of likely N-dealkylation sites (tertiary alicyclic amines) is 1. The Morgan fingerprint density at radius 2 is 1.56 bits per heavy atom. The van der Waals surface area contributed by atoms with E-state index in [2.05, 4.69) is 35.2 Å². The smallest absolute Gasteiger partial charge is 0.0233 e. The van der Waals surface area contributed by atoms with Crippen molar-refractivity contribution in [1.82, 2.24) is 4.90 Å². The Morgan fingerprint density at radius 3 is 2.19 bits per heavy atom. The first-order valence-corrected chi connectivity index (χ1v) is 6.68. The minimum atomic E-state index is 1.01. The van der Waals surface area contributed by atoms with E-state index in [1.807, 2.05) is 0 Å². The molecule has 0 amide bonds. The maximum atomic E-state index is 2.66. The molecule has 2 atom stereocenters. The standard InChI is InChI=1S/C15H21N/c1-2-6-13(7-3-1)10-16-11-14-8-4-5-9-15(14)12-16/h1-3,6-7,14-15H,4-5,8-12H2/t14-,15+. The largest absolute Gasteiger partial charge is 0.299 e. The van der Waals surface area contributed by atoms with Gasteiger partial charge < -0.3 is 0 Å². The molecule has 0 bridgehead atoms. The first-order valence-electron chi connectivity index (χ1n) is 6.68. The van der Waals surface area contributed by atoms with Crippen molar-refractivity contribution in [3.63, 3.8) is 0 Å². The summed E-state index contributed by atoms with van der Waals surface area (Å²) in [5, 5.41) is 0. The van der Waals surface area contributed by atoms with E-state index in [-0.39, 0.29) is 0 Å². The lowest BCUT2D eigenvalue weighted by atomic mass is 9.82. The fourth-order valence-corrected chi connectivity index (χ4v) is 3.47. The quantitative estimate of drug-likeness (QED) is 0.731. The van der Waals surface area contributed by atoms with Gasteiger partial charge in [-0.05, 0) is 30.2 Å². The van der Waals surface area contributed by atoms with Crippen molar-refractivity contribution in [3.8, 4) is 0 Å². The average Bonchev–Trinajstić information content (AvgIpc) is 2.72. The van der Waals surface area contributed by atoms with Crippen LogP contribution in [0.4, 0.5) is 0 Å². The highest BCUT2D eigenvalue weighted by Gasteiger charge is 2.33. The molecule has 16 heavy (non-hydrogen) atoms. The lowest BCUT2D eigenvalue weighted by molar-refractivity contribution is 0.299. The number of rotatable bonds is 2. The van der Waals surface area contributed by atoms with E-state index in [0.29, 0.717) is 0 Å². The molecule has 0 aromatic heterocycles. The van der Waals surface area contributed by atoms with Crippen molar-refractivity contribution in [2.75, 3.05) is 13.1 Å². The minimum Gasteiger partial charge on any atom is -0.299 e. The fraction of sp³-hybridized carbons (Fsp3) is 0.600. The Labute approximate surface area is 98.5 Å². The van der Waals surface area contributed by atoms with Crippen LogP contribution in [0.15, 0.2) is 30.3 Å². The van der Waals surface area contributed by atoms with Crippen molar-refractivity contribution < 1.29 is 0 Å². The molecule has 0 radical (unpaired) electrons. The molecule has 1 heterocycles. The highest BCUT2D eigenvalue weighted by Crippen LogP contribution is 2.36. The van der Waals surface area contributed by atoms with Gasteiger partial charge in [-0.3, -0.25) is 4.90 Å². The van der Waals surface area contributed by atoms with Crippen LogP contribution in [0.1, 0.15) is 31.2 Å². The third-order valence-corrected chi connectivity index (χ3v) is 4.30. The van der Waals surface area contributed by atoms with E-state index in [1.54, 1.807) is 0 Å². The van der Waals surface area contributed by atoms with Crippen LogP contribution in [0.3, 0.4) is 0 Å². The number of fused-ring (bicyclic) bond motifs is 1. The van der Waals surface area contributed by atoms with Gasteiger partial charge in [-0.15, -0.1) is 0 Å². The van der Waals surface area contributed by atoms with Crippen LogP contribution >= 0.6 is 0 Å². The zero-order chi connectivity index (χ0) is 10.8. The van der Waals surface area contributed by atoms with Crippen molar-refractivity contribution >= 4 is 0 Å². The lowest BCUT2D eigenvalue weighted by Gasteiger charge is -2.23. The van der Waals surface area contributed by atoms with Crippen molar-refractivity contribution in [3.05, 3.63) is 35.9 Å². The first kappa shape index (κ1) is 10.3. The molecule has 1 aromatic carbocycles. The topological polar surface area (TPSA) is 3.24 Å². The van der Waals surface area contributed by atoms with E-state index >= 15 is 0 Å². The van der Waals surface area contributed by atoms with Crippen LogP contribution in [0.2, 0.25) is 0 Å². The molecule has 0 spiro atoms. The number of nitrogens with zero attached hydrogens (tertiary/aromatic N) is 1. The lowest BCUT2D eigenvalue weighted by Crippen LogP contribution is -2.20. The van der Waals surface area contributed by atoms with Gasteiger partial charge in [-0.25, -0.2) is 0 Å². The van der Waals surface area contributed by atoms with Crippen LogP contribution in [0.5, 0.6) is 0 Å². The van der Waals surface area contributed by atoms with Gasteiger partial charge in [-0.1, -0.05) is 43.2 Å². The van der Waals surface area contributed by atoms with Crippen LogP contribution in [0.25, 0.3) is 0 Å². The molecule has 1 aliphatic heterocycles. The molecule has 2 aliphatic rings. The Morgan fingerprint density at radius 1 is 0.938 bits per heavy atom. The Kier molecular flexibility index (Phi) is 2.96. The van der Waals surface area contributed by atoms with E-state index in [0.717, 1.165) is 18.4 Å². The first-order chi connectivity index (χ1) is 7.92. The number of hydrogen-bond donors (Lipinski definition) is 0. The summed E-state index contributed by atoms with van der Waals surface area (Å²) in [6, 6.07) is 10.9. The van der Waals surface area contributed by atoms with Gasteiger partial charge in [0.05, 0.1) is 0 Å². The van der Waals surface area contributed by atoms with E-state index in [4.69, 9.17) is 0 Å². The van der Waals surface area contributed by atoms with Crippen molar-refractivity contribution in [1.29, 1.82) is 0 Å². The Hall–Kier alpha value is -0.820. The summed E-state index contributed by atoms with van der Waals surface area (Å²) in [5.74, 6) is 2.02. The van der Waals surface area contributed by atoms with Gasteiger partial charge in [0.1, 0.15) is 0 Å². The molecule has 0 unspecified atom stereocenters. The number of benzene rings is 1.